The minimum absolute atomic E-state index is 0. The van der Waals surface area contributed by atoms with Gasteiger partial charge >= 0.3 is 30.2 Å². The van der Waals surface area contributed by atoms with Gasteiger partial charge in [0, 0.05) is 0 Å². The molecule has 0 atom stereocenters. The monoisotopic (exact) mass is 490 g/mol. The number of allylic oxidation sites excluding steroid dienone is 4. The number of benzene rings is 2. The van der Waals surface area contributed by atoms with Crippen molar-refractivity contribution in [1.29, 1.82) is 0 Å². The maximum atomic E-state index is 3.53. The van der Waals surface area contributed by atoms with Crippen LogP contribution in [0.3, 0.4) is 0 Å². The first-order valence-electron chi connectivity index (χ1n) is 9.82. The number of rotatable bonds is 0. The van der Waals surface area contributed by atoms with Crippen LogP contribution in [0.15, 0.2) is 48.6 Å². The van der Waals surface area contributed by atoms with Gasteiger partial charge in [-0.25, -0.2) is 12.2 Å². The summed E-state index contributed by atoms with van der Waals surface area (Å²) >= 11 is 1.36. The molecule has 160 valence electrons. The molecule has 0 heterocycles. The molecule has 0 fully saturated rings. The molecule has 0 saturated heterocycles. The first-order valence-corrected chi connectivity index (χ1v) is 14.0. The van der Waals surface area contributed by atoms with Crippen LogP contribution in [0.25, 0.3) is 11.1 Å². The zero-order valence-corrected chi connectivity index (χ0v) is 23.5. The summed E-state index contributed by atoms with van der Waals surface area (Å²) in [4.78, 5) is 0. The predicted molar refractivity (Wildman–Crippen MR) is 131 cm³/mol. The number of hydrogen-bond donors (Lipinski definition) is 0. The molecule has 0 amide bonds. The average molecular weight is 492 g/mol. The van der Waals surface area contributed by atoms with Crippen molar-refractivity contribution in [3.05, 3.63) is 97.8 Å². The second-order valence-electron chi connectivity index (χ2n) is 9.33. The maximum absolute atomic E-state index is 3.53. The second kappa shape index (κ2) is 12.2. The Hall–Kier alpha value is -0.980. The van der Waals surface area contributed by atoms with E-state index in [9.17, 15) is 0 Å². The molecule has 2 aliphatic carbocycles. The third kappa shape index (κ3) is 7.31. The van der Waals surface area contributed by atoms with Crippen LogP contribution in [0, 0.1) is 27.0 Å². The SMILES string of the molecule is CC(C)(C)c1c[c-]c2c(c1)-c1cc(C(C)(C)C)ccc1C2.[C-]1=CC=CC1.[CH3-].[CH3-].[Si]=[Zr]. The van der Waals surface area contributed by atoms with Gasteiger partial charge in [0.15, 0.2) is 0 Å². The quantitative estimate of drug-likeness (QED) is 0.226. The van der Waals surface area contributed by atoms with E-state index >= 15 is 0 Å². The molecule has 0 spiro atoms. The molecule has 2 heteroatoms. The van der Waals surface area contributed by atoms with Gasteiger partial charge in [0.25, 0.3) is 0 Å². The molecule has 2 radical (unpaired) electrons. The summed E-state index contributed by atoms with van der Waals surface area (Å²) < 4.78 is 0. The Bertz CT molecular complexity index is 805. The minimum atomic E-state index is 0. The first-order chi connectivity index (χ1) is 13.2. The third-order valence-corrected chi connectivity index (χ3v) is 5.11. The van der Waals surface area contributed by atoms with Gasteiger partial charge in [0.2, 0.25) is 0 Å². The molecule has 4 rings (SSSR count). The molecule has 2 aromatic rings. The van der Waals surface area contributed by atoms with Gasteiger partial charge in [-0.15, -0.1) is 12.0 Å². The Labute approximate surface area is 203 Å². The molecule has 0 bridgehead atoms. The summed E-state index contributed by atoms with van der Waals surface area (Å²) in [6.45, 7) is 16.7. The van der Waals surface area contributed by atoms with E-state index in [-0.39, 0.29) is 25.7 Å². The van der Waals surface area contributed by atoms with Crippen LogP contribution in [0.5, 0.6) is 0 Å². The van der Waals surface area contributed by atoms with Crippen molar-refractivity contribution >= 4 is 6.88 Å². The Morgan fingerprint density at radius 2 is 1.47 bits per heavy atom. The summed E-state index contributed by atoms with van der Waals surface area (Å²) in [5.74, 6) is 0. The average Bonchev–Trinajstić information content (AvgIpc) is 3.32. The van der Waals surface area contributed by atoms with E-state index in [1.807, 2.05) is 12.2 Å². The molecule has 2 aromatic carbocycles. The fourth-order valence-electron chi connectivity index (χ4n) is 3.32. The summed E-state index contributed by atoms with van der Waals surface area (Å²) in [6.07, 6.45) is 11.0. The van der Waals surface area contributed by atoms with Gasteiger partial charge in [0.05, 0.1) is 0 Å². The summed E-state index contributed by atoms with van der Waals surface area (Å²) in [5.41, 5.74) is 8.76. The molecule has 0 saturated carbocycles. The van der Waals surface area contributed by atoms with Crippen molar-refractivity contribution < 1.29 is 23.3 Å². The van der Waals surface area contributed by atoms with Gasteiger partial charge in [-0.2, -0.15) is 35.4 Å². The zero-order chi connectivity index (χ0) is 20.9. The van der Waals surface area contributed by atoms with Crippen molar-refractivity contribution in [2.24, 2.45) is 0 Å². The summed E-state index contributed by atoms with van der Waals surface area (Å²) in [6, 6.07) is 15.1. The van der Waals surface area contributed by atoms with Gasteiger partial charge in [-0.05, 0) is 17.4 Å². The van der Waals surface area contributed by atoms with E-state index in [1.165, 1.54) is 56.7 Å². The van der Waals surface area contributed by atoms with Crippen molar-refractivity contribution in [3.8, 4) is 11.1 Å². The molecular formula is C28H36SiZr-4. The predicted octanol–water partition coefficient (Wildman–Crippen LogP) is 7.48. The third-order valence-electron chi connectivity index (χ3n) is 5.11. The molecule has 2 aliphatic rings. The van der Waals surface area contributed by atoms with Crippen molar-refractivity contribution in [2.75, 3.05) is 0 Å². The Kier molecular flexibility index (Phi) is 11.8. The molecule has 0 nitrogen and oxygen atoms in total. The summed E-state index contributed by atoms with van der Waals surface area (Å²) in [5, 5.41) is 0. The van der Waals surface area contributed by atoms with E-state index in [1.54, 1.807) is 0 Å². The van der Waals surface area contributed by atoms with E-state index in [2.05, 4.69) is 97.0 Å². The second-order valence-corrected chi connectivity index (χ2v) is 9.33. The molecule has 0 aromatic heterocycles. The molecular weight excluding hydrogens is 456 g/mol. The van der Waals surface area contributed by atoms with Gasteiger partial charge in [-0.3, -0.25) is 6.08 Å². The van der Waals surface area contributed by atoms with Crippen LogP contribution in [0.1, 0.15) is 70.2 Å². The van der Waals surface area contributed by atoms with E-state index in [0.29, 0.717) is 0 Å². The number of fused-ring (bicyclic) bond motifs is 3. The van der Waals surface area contributed by atoms with Gasteiger partial charge < -0.3 is 14.9 Å². The van der Waals surface area contributed by atoms with Crippen molar-refractivity contribution in [3.63, 3.8) is 0 Å². The van der Waals surface area contributed by atoms with Crippen LogP contribution < -0.4 is 0 Å². The van der Waals surface area contributed by atoms with Crippen molar-refractivity contribution in [2.45, 2.75) is 65.2 Å². The molecule has 0 unspecified atom stereocenters. The van der Waals surface area contributed by atoms with Crippen LogP contribution in [0.2, 0.25) is 0 Å². The first kappa shape index (κ1) is 29.0. The van der Waals surface area contributed by atoms with E-state index in [4.69, 9.17) is 0 Å². The fourth-order valence-corrected chi connectivity index (χ4v) is 3.32. The van der Waals surface area contributed by atoms with Gasteiger partial charge in [0.1, 0.15) is 0 Å². The topological polar surface area (TPSA) is 0 Å². The van der Waals surface area contributed by atoms with E-state index in [0.717, 1.165) is 12.8 Å². The molecule has 30 heavy (non-hydrogen) atoms. The van der Waals surface area contributed by atoms with Crippen molar-refractivity contribution in [1.82, 2.24) is 0 Å². The number of hydrogen-bond acceptors (Lipinski definition) is 0. The standard InChI is InChI=1S/C21H25.C5H5.2CH3.Si.Zr/c1-20(2,3)16-9-7-14-11-15-8-10-17(21(4,5)6)13-19(15)18(14)12-16;1-2-4-5-3-1;;;;/h7,9-10,12-13H,11H2,1-6H3;1-3H,4H2;2*1H3;;/q4*-1;;. The Morgan fingerprint density at radius 1 is 0.867 bits per heavy atom. The van der Waals surface area contributed by atoms with Crippen LogP contribution in [-0.4, -0.2) is 6.88 Å². The van der Waals surface area contributed by atoms with Crippen LogP contribution in [-0.2, 0) is 40.6 Å². The van der Waals surface area contributed by atoms with Crippen LogP contribution >= 0.6 is 0 Å². The van der Waals surface area contributed by atoms with Crippen LogP contribution in [0.4, 0.5) is 0 Å². The fraction of sp³-hybridized carbons (Fsp3) is 0.357. The Balaban J connectivity index is 0.000000809. The normalized spacial score (nSPS) is 12.8. The zero-order valence-electron chi connectivity index (χ0n) is 20.0. The summed E-state index contributed by atoms with van der Waals surface area (Å²) in [7, 11) is 0. The molecule has 0 N–H and O–H groups in total. The van der Waals surface area contributed by atoms with Gasteiger partial charge in [-0.1, -0.05) is 76.3 Å². The Morgan fingerprint density at radius 3 is 1.93 bits per heavy atom. The van der Waals surface area contributed by atoms with E-state index < -0.39 is 0 Å². The molecule has 0 aliphatic heterocycles.